The van der Waals surface area contributed by atoms with E-state index in [1.54, 1.807) is 35.1 Å². The van der Waals surface area contributed by atoms with Gasteiger partial charge < -0.3 is 68.0 Å². The topological polar surface area (TPSA) is 363 Å². The molecule has 27 nitrogen and oxygen atoms in total. The number of piperazine rings is 4. The first kappa shape index (κ1) is 83.9. The number of amides is 1. The van der Waals surface area contributed by atoms with Crippen LogP contribution in [-0.2, 0) is 28.0 Å². The summed E-state index contributed by atoms with van der Waals surface area (Å²) in [6.07, 6.45) is -9.39. The van der Waals surface area contributed by atoms with Gasteiger partial charge in [-0.3, -0.25) is 24.1 Å². The number of ketones is 4. The highest BCUT2D eigenvalue weighted by Gasteiger charge is 2.47. The Balaban J connectivity index is 0.000000407. The molecule has 4 atom stereocenters. The SMILES string of the molecule is C=C(F)c1ccc(N2CCNCC2)nc1C(=O)c1cccnc1N.CC(C)(C)C1CN(c2ccc(C(F)(F)F)c(C(=O)c3cccnc3N)n2)CCN1.CC(C)C1OC(=O)N2CCN(c3ccc(C(F)(F)F)c(C(=O)c4cccnc4N)n3)CC12.COCC1CN(c2ccc(C(F)(F)F)c(C(=O)c3cccnc3N)n2)CCN1.[HH].[HH].[HH].[HH].[HH].[HH].[HH]. The largest absolute Gasteiger partial charge is 0.444 e. The summed E-state index contributed by atoms with van der Waals surface area (Å²) in [5.74, 6) is -2.76. The van der Waals surface area contributed by atoms with E-state index < -0.39 is 87.4 Å². The molecule has 8 aromatic rings. The van der Waals surface area contributed by atoms with Gasteiger partial charge in [0.1, 0.15) is 81.2 Å². The van der Waals surface area contributed by atoms with Crippen molar-refractivity contribution in [2.24, 2.45) is 11.3 Å². The van der Waals surface area contributed by atoms with Gasteiger partial charge in [-0.1, -0.05) is 41.2 Å². The minimum atomic E-state index is -4.78. The molecule has 11 N–H and O–H groups in total. The lowest BCUT2D eigenvalue weighted by Gasteiger charge is -2.41. The second kappa shape index (κ2) is 35.4. The summed E-state index contributed by atoms with van der Waals surface area (Å²) in [6, 6.07) is 21.1. The van der Waals surface area contributed by atoms with Crippen molar-refractivity contribution >= 4 is 81.6 Å². The summed E-state index contributed by atoms with van der Waals surface area (Å²) in [5, 5.41) is 9.93. The van der Waals surface area contributed by atoms with Gasteiger partial charge in [-0.25, -0.2) is 49.1 Å². The van der Waals surface area contributed by atoms with Crippen molar-refractivity contribution in [3.63, 3.8) is 0 Å². The standard InChI is InChI=1S/C21H22F3N5O3.C20H24F3N5O.C18H20F3N5O2.C17H18FN5O.7H2/c1-11(2)18-14-10-28(8-9-29(14)20(31)32-18)15-6-5-13(21(22,23)24)16(27-15)17(30)12-4-3-7-26-19(12)25;1-19(2,3)14-11-28(10-9-25-14)15-7-6-13(20(21,22)23)16(27-15)17(29)12-5-4-8-26-18(12)24;1-28-10-11-9-26(8-7-23-11)14-5-4-13(18(19,20)21)15(25-14)16(27)12-3-2-6-24-17(12)22;1-11(18)12-4-5-14(23-9-7-20-8-10-23)22-15(12)16(24)13-3-2-6-21-17(13)19;;;;;;;/h3-7,11,14,18H,8-10H2,1-2H3,(H2,25,26);4-8,14,25H,9-11H2,1-3H3,(H2,24,26);2-6,11,23H,7-10H2,1H3,(H2,22,24);2-6,20H,1,7-10H2,(H2,19,21);7*1H. The van der Waals surface area contributed by atoms with Crippen LogP contribution in [-0.4, -0.2) is 197 Å². The molecular weight excluding hydrogens is 1490 g/mol. The number of alkyl halides is 9. The van der Waals surface area contributed by atoms with Crippen LogP contribution >= 0.6 is 0 Å². The Bertz CT molecular complexity index is 4830. The quantitative estimate of drug-likeness (QED) is 0.0349. The first-order chi connectivity index (χ1) is 53.4. The van der Waals surface area contributed by atoms with Gasteiger partial charge in [0.05, 0.1) is 51.6 Å². The third kappa shape index (κ3) is 20.0. The second-order valence-electron chi connectivity index (χ2n) is 28.1. The number of nitrogen functional groups attached to an aromatic ring is 4. The molecule has 13 heterocycles. The van der Waals surface area contributed by atoms with Crippen molar-refractivity contribution in [3.8, 4) is 0 Å². The monoisotopic (exact) mass is 1590 g/mol. The molecule has 0 saturated carbocycles. The highest BCUT2D eigenvalue weighted by molar-refractivity contribution is 6.14. The number of nitrogens with zero attached hydrogens (tertiary/aromatic N) is 13. The number of pyridine rings is 8. The van der Waals surface area contributed by atoms with Crippen molar-refractivity contribution in [3.05, 3.63) is 196 Å². The Morgan fingerprint density at radius 1 is 0.513 bits per heavy atom. The number of aromatic nitrogens is 8. The number of nitrogens with one attached hydrogen (secondary N) is 3. The van der Waals surface area contributed by atoms with Crippen molar-refractivity contribution in [1.29, 1.82) is 0 Å². The lowest BCUT2D eigenvalue weighted by atomic mass is 9.85. The minimum Gasteiger partial charge on any atom is -0.444 e. The lowest BCUT2D eigenvalue weighted by molar-refractivity contribution is -0.138. The third-order valence-corrected chi connectivity index (χ3v) is 19.1. The fourth-order valence-electron chi connectivity index (χ4n) is 13.2. The molecule has 0 radical (unpaired) electrons. The first-order valence-electron chi connectivity index (χ1n) is 35.7. The van der Waals surface area contributed by atoms with Gasteiger partial charge in [0.2, 0.25) is 23.1 Å². The number of rotatable bonds is 16. The normalized spacial score (nSPS) is 18.0. The summed E-state index contributed by atoms with van der Waals surface area (Å²) in [7, 11) is 1.58. The number of fused-ring (bicyclic) bond motifs is 1. The Labute approximate surface area is 653 Å². The fourth-order valence-corrected chi connectivity index (χ4v) is 13.2. The Hall–Kier alpha value is -11.6. The van der Waals surface area contributed by atoms with Crippen LogP contribution in [0.5, 0.6) is 0 Å². The molecule has 113 heavy (non-hydrogen) atoms. The van der Waals surface area contributed by atoms with Crippen LogP contribution < -0.4 is 58.5 Å². The van der Waals surface area contributed by atoms with Crippen LogP contribution in [0.25, 0.3) is 5.83 Å². The van der Waals surface area contributed by atoms with E-state index in [0.717, 1.165) is 44.4 Å². The van der Waals surface area contributed by atoms with Crippen LogP contribution in [0.2, 0.25) is 0 Å². The van der Waals surface area contributed by atoms with Gasteiger partial charge in [0, 0.05) is 145 Å². The van der Waals surface area contributed by atoms with Crippen LogP contribution in [0.4, 0.5) is 95.2 Å². The smallest absolute Gasteiger partial charge is 0.418 e. The van der Waals surface area contributed by atoms with Gasteiger partial charge in [-0.15, -0.1) is 0 Å². The lowest BCUT2D eigenvalue weighted by Crippen LogP contribution is -2.56. The number of ether oxygens (including phenoxy) is 2. The summed E-state index contributed by atoms with van der Waals surface area (Å²) in [6.45, 7) is 21.6. The van der Waals surface area contributed by atoms with E-state index >= 15 is 0 Å². The Morgan fingerprint density at radius 2 is 0.885 bits per heavy atom. The number of anilines is 8. The maximum absolute atomic E-state index is 13.8. The van der Waals surface area contributed by atoms with E-state index in [0.29, 0.717) is 83.0 Å². The van der Waals surface area contributed by atoms with Gasteiger partial charge >= 0.3 is 24.6 Å². The zero-order valence-electron chi connectivity index (χ0n) is 62.3. The molecular formula is C76H98F10N20O7. The van der Waals surface area contributed by atoms with Crippen molar-refractivity contribution < 1.29 is 87.3 Å². The van der Waals surface area contributed by atoms with Crippen LogP contribution in [0, 0.1) is 11.3 Å². The molecule has 13 rings (SSSR count). The Kier molecular flexibility index (Phi) is 26.3. The zero-order chi connectivity index (χ0) is 82.0. The van der Waals surface area contributed by atoms with Gasteiger partial charge in [-0.05, 0) is 108 Å². The van der Waals surface area contributed by atoms with Gasteiger partial charge in [-0.2, -0.15) is 39.5 Å². The number of cyclic esters (lactones) is 1. The number of nitrogens with two attached hydrogens (primary N) is 4. The van der Waals surface area contributed by atoms with Crippen LogP contribution in [0.1, 0.15) is 131 Å². The van der Waals surface area contributed by atoms with E-state index in [4.69, 9.17) is 32.4 Å². The van der Waals surface area contributed by atoms with E-state index in [1.807, 2.05) is 28.5 Å². The molecule has 5 aliphatic rings. The van der Waals surface area contributed by atoms with E-state index in [1.165, 1.54) is 85.5 Å². The number of methoxy groups -OCH3 is 1. The molecule has 8 aromatic heterocycles. The highest BCUT2D eigenvalue weighted by Crippen LogP contribution is 2.39. The summed E-state index contributed by atoms with van der Waals surface area (Å²) < 4.78 is 146. The van der Waals surface area contributed by atoms with Crippen LogP contribution in [0.15, 0.2) is 128 Å². The highest BCUT2D eigenvalue weighted by atomic mass is 19.4. The average molecular weight is 1590 g/mol. The first-order valence-corrected chi connectivity index (χ1v) is 35.7. The van der Waals surface area contributed by atoms with E-state index in [9.17, 15) is 67.9 Å². The summed E-state index contributed by atoms with van der Waals surface area (Å²) in [5.41, 5.74) is 17.3. The number of hydrogen-bond donors (Lipinski definition) is 7. The zero-order valence-corrected chi connectivity index (χ0v) is 62.3. The molecule has 5 fully saturated rings. The maximum atomic E-state index is 13.8. The van der Waals surface area contributed by atoms with Crippen molar-refractivity contribution in [2.45, 2.75) is 77.4 Å². The molecule has 5 aliphatic heterocycles. The van der Waals surface area contributed by atoms with E-state index in [2.05, 4.69) is 83.2 Å². The van der Waals surface area contributed by atoms with Gasteiger partial charge in [0.25, 0.3) is 0 Å². The molecule has 0 bridgehead atoms. The van der Waals surface area contributed by atoms with Crippen LogP contribution in [0.3, 0.4) is 0 Å². The second-order valence-corrected chi connectivity index (χ2v) is 28.1. The van der Waals surface area contributed by atoms with Gasteiger partial charge in [0.15, 0.2) is 0 Å². The molecule has 614 valence electrons. The average Bonchev–Trinajstić information content (AvgIpc) is 1.57. The molecule has 5 saturated heterocycles. The van der Waals surface area contributed by atoms with E-state index in [-0.39, 0.29) is 108 Å². The van der Waals surface area contributed by atoms with Crippen molar-refractivity contribution in [2.75, 3.05) is 141 Å². The maximum Gasteiger partial charge on any atom is 0.418 e. The number of carbonyl (C=O) groups is 5. The molecule has 4 unspecified atom stereocenters. The summed E-state index contributed by atoms with van der Waals surface area (Å²) in [4.78, 5) is 105. The number of halogens is 10. The summed E-state index contributed by atoms with van der Waals surface area (Å²) >= 11 is 0. The molecule has 1 amide bonds. The third-order valence-electron chi connectivity index (χ3n) is 19.1. The number of carbonyl (C=O) groups excluding carboxylic acids is 5. The predicted octanol–water partition coefficient (Wildman–Crippen LogP) is 11.2. The molecule has 0 aliphatic carbocycles. The Morgan fingerprint density at radius 3 is 1.27 bits per heavy atom. The predicted molar refractivity (Wildman–Crippen MR) is 417 cm³/mol. The molecule has 0 aromatic carbocycles. The number of hydrogen-bond acceptors (Lipinski definition) is 26. The molecule has 37 heteroatoms. The minimum absolute atomic E-state index is 0. The van der Waals surface area contributed by atoms with Crippen molar-refractivity contribution in [1.82, 2.24) is 60.7 Å². The molecule has 0 spiro atoms. The fraction of sp³-hybridized carbons (Fsp3) is 0.382.